The molecule has 0 spiro atoms. The second kappa shape index (κ2) is 9.15. The molecular formula is C19H32N4O2S. The number of carbonyl (C=O) groups is 1. The first kappa shape index (κ1) is 19.6. The summed E-state index contributed by atoms with van der Waals surface area (Å²) >= 11 is 1.67. The van der Waals surface area contributed by atoms with E-state index in [9.17, 15) is 4.79 Å². The molecule has 146 valence electrons. The molecule has 1 saturated carbocycles. The number of nitrogens with one attached hydrogen (secondary N) is 1. The third-order valence-corrected chi connectivity index (χ3v) is 6.67. The average Bonchev–Trinajstić information content (AvgIpc) is 3.06. The SMILES string of the molecule is Cc1ncsc1CCN(C)C(=O)NC1(CN2CCOCC2)CCCCC1. The van der Waals surface area contributed by atoms with Crippen LogP contribution in [0.1, 0.15) is 42.7 Å². The Kier molecular flexibility index (Phi) is 6.89. The van der Waals surface area contributed by atoms with Crippen LogP contribution in [0.2, 0.25) is 0 Å². The topological polar surface area (TPSA) is 57.7 Å². The summed E-state index contributed by atoms with van der Waals surface area (Å²) in [7, 11) is 1.90. The average molecular weight is 381 g/mol. The van der Waals surface area contributed by atoms with Crippen LogP contribution in [0.5, 0.6) is 0 Å². The number of carbonyl (C=O) groups excluding carboxylic acids is 1. The highest BCUT2D eigenvalue weighted by Gasteiger charge is 2.36. The van der Waals surface area contributed by atoms with E-state index in [2.05, 4.69) is 15.2 Å². The van der Waals surface area contributed by atoms with Gasteiger partial charge in [0.25, 0.3) is 0 Å². The summed E-state index contributed by atoms with van der Waals surface area (Å²) in [4.78, 5) is 22.7. The number of morpholine rings is 1. The van der Waals surface area contributed by atoms with Gasteiger partial charge in [0.2, 0.25) is 0 Å². The van der Waals surface area contributed by atoms with Crippen LogP contribution in [-0.2, 0) is 11.2 Å². The van der Waals surface area contributed by atoms with Gasteiger partial charge in [-0.1, -0.05) is 19.3 Å². The van der Waals surface area contributed by atoms with Gasteiger partial charge in [-0.15, -0.1) is 11.3 Å². The van der Waals surface area contributed by atoms with Crippen LogP contribution in [0, 0.1) is 6.92 Å². The van der Waals surface area contributed by atoms with Crippen LogP contribution >= 0.6 is 11.3 Å². The Morgan fingerprint density at radius 3 is 2.73 bits per heavy atom. The molecule has 2 amide bonds. The number of aryl methyl sites for hydroxylation is 1. The van der Waals surface area contributed by atoms with Crippen molar-refractivity contribution >= 4 is 17.4 Å². The molecule has 1 N–H and O–H groups in total. The number of thiazole rings is 1. The Morgan fingerprint density at radius 2 is 2.08 bits per heavy atom. The number of urea groups is 1. The van der Waals surface area contributed by atoms with Gasteiger partial charge >= 0.3 is 6.03 Å². The van der Waals surface area contributed by atoms with Crippen LogP contribution < -0.4 is 5.32 Å². The van der Waals surface area contributed by atoms with Gasteiger partial charge in [-0.3, -0.25) is 4.90 Å². The lowest BCUT2D eigenvalue weighted by molar-refractivity contribution is 0.0191. The Hall–Kier alpha value is -1.18. The molecule has 1 aliphatic heterocycles. The van der Waals surface area contributed by atoms with E-state index in [4.69, 9.17) is 4.74 Å². The maximum Gasteiger partial charge on any atom is 0.317 e. The van der Waals surface area contributed by atoms with Gasteiger partial charge in [0.05, 0.1) is 30.0 Å². The number of aromatic nitrogens is 1. The number of rotatable bonds is 6. The Morgan fingerprint density at radius 1 is 1.35 bits per heavy atom. The molecule has 0 radical (unpaired) electrons. The van der Waals surface area contributed by atoms with Gasteiger partial charge in [0, 0.05) is 44.5 Å². The van der Waals surface area contributed by atoms with Crippen molar-refractivity contribution in [1.29, 1.82) is 0 Å². The molecule has 6 nitrogen and oxygen atoms in total. The van der Waals surface area contributed by atoms with Gasteiger partial charge in [0.15, 0.2) is 0 Å². The molecule has 0 bridgehead atoms. The van der Waals surface area contributed by atoms with Crippen molar-refractivity contribution in [3.63, 3.8) is 0 Å². The maximum atomic E-state index is 12.9. The quantitative estimate of drug-likeness (QED) is 0.824. The number of hydrogen-bond acceptors (Lipinski definition) is 5. The second-order valence-electron chi connectivity index (χ2n) is 7.69. The van der Waals surface area contributed by atoms with E-state index in [1.165, 1.54) is 24.1 Å². The smallest absolute Gasteiger partial charge is 0.317 e. The predicted molar refractivity (Wildman–Crippen MR) is 105 cm³/mol. The number of hydrogen-bond donors (Lipinski definition) is 1. The van der Waals surface area contributed by atoms with Crippen LogP contribution in [0.15, 0.2) is 5.51 Å². The van der Waals surface area contributed by atoms with Crippen molar-refractivity contribution in [3.8, 4) is 0 Å². The zero-order valence-electron chi connectivity index (χ0n) is 16.1. The van der Waals surface area contributed by atoms with E-state index in [1.54, 1.807) is 11.3 Å². The third-order valence-electron chi connectivity index (χ3n) is 5.68. The molecule has 0 aromatic carbocycles. The minimum absolute atomic E-state index is 0.0577. The van der Waals surface area contributed by atoms with E-state index >= 15 is 0 Å². The Labute approximate surface area is 160 Å². The van der Waals surface area contributed by atoms with E-state index in [1.807, 2.05) is 24.4 Å². The first-order chi connectivity index (χ1) is 12.6. The fourth-order valence-corrected chi connectivity index (χ4v) is 4.77. The summed E-state index contributed by atoms with van der Waals surface area (Å²) in [5.74, 6) is 0. The van der Waals surface area contributed by atoms with Crippen LogP contribution in [0.4, 0.5) is 4.79 Å². The highest BCUT2D eigenvalue weighted by atomic mass is 32.1. The maximum absolute atomic E-state index is 12.9. The molecule has 1 saturated heterocycles. The van der Waals surface area contributed by atoms with E-state index in [0.29, 0.717) is 0 Å². The molecular weight excluding hydrogens is 348 g/mol. The summed E-state index contributed by atoms with van der Waals surface area (Å²) < 4.78 is 5.48. The molecule has 1 aromatic heterocycles. The summed E-state index contributed by atoms with van der Waals surface area (Å²) in [6.45, 7) is 7.25. The van der Waals surface area contributed by atoms with Crippen molar-refractivity contribution in [2.24, 2.45) is 0 Å². The molecule has 2 fully saturated rings. The standard InChI is InChI=1S/C19H32N4O2S/c1-16-17(26-15-20-16)6-9-22(2)18(24)21-19(7-4-3-5-8-19)14-23-10-12-25-13-11-23/h15H,3-14H2,1-2H3,(H,21,24). The summed E-state index contributed by atoms with van der Waals surface area (Å²) in [6.07, 6.45) is 6.72. The number of ether oxygens (including phenoxy) is 1. The predicted octanol–water partition coefficient (Wildman–Crippen LogP) is 2.67. The summed E-state index contributed by atoms with van der Waals surface area (Å²) in [5, 5.41) is 3.42. The van der Waals surface area contributed by atoms with Crippen molar-refractivity contribution < 1.29 is 9.53 Å². The fraction of sp³-hybridized carbons (Fsp3) is 0.789. The minimum atomic E-state index is -0.0820. The lowest BCUT2D eigenvalue weighted by Gasteiger charge is -2.43. The minimum Gasteiger partial charge on any atom is -0.379 e. The van der Waals surface area contributed by atoms with Crippen LogP contribution in [0.25, 0.3) is 0 Å². The monoisotopic (exact) mass is 380 g/mol. The summed E-state index contributed by atoms with van der Waals surface area (Å²) in [5.41, 5.74) is 2.88. The summed E-state index contributed by atoms with van der Waals surface area (Å²) in [6, 6.07) is 0.0577. The van der Waals surface area contributed by atoms with Gasteiger partial charge in [-0.25, -0.2) is 9.78 Å². The number of amides is 2. The van der Waals surface area contributed by atoms with Gasteiger partial charge in [-0.05, 0) is 19.8 Å². The van der Waals surface area contributed by atoms with Gasteiger partial charge < -0.3 is 15.0 Å². The van der Waals surface area contributed by atoms with E-state index in [-0.39, 0.29) is 11.6 Å². The van der Waals surface area contributed by atoms with Gasteiger partial charge in [-0.2, -0.15) is 0 Å². The lowest BCUT2D eigenvalue weighted by atomic mass is 9.81. The molecule has 1 aromatic rings. The molecule has 2 heterocycles. The second-order valence-corrected chi connectivity index (χ2v) is 8.63. The molecule has 1 aliphatic carbocycles. The number of likely N-dealkylation sites (N-methyl/N-ethyl adjacent to an activating group) is 1. The zero-order valence-corrected chi connectivity index (χ0v) is 16.9. The molecule has 0 atom stereocenters. The zero-order chi connectivity index (χ0) is 18.4. The van der Waals surface area contributed by atoms with E-state index in [0.717, 1.165) is 64.3 Å². The first-order valence-electron chi connectivity index (χ1n) is 9.80. The molecule has 0 unspecified atom stereocenters. The van der Waals surface area contributed by atoms with Crippen molar-refractivity contribution in [2.45, 2.75) is 51.0 Å². The number of nitrogens with zero attached hydrogens (tertiary/aromatic N) is 3. The third kappa shape index (κ3) is 5.18. The molecule has 2 aliphatic rings. The highest BCUT2D eigenvalue weighted by Crippen LogP contribution is 2.29. The van der Waals surface area contributed by atoms with Crippen molar-refractivity contribution in [3.05, 3.63) is 16.1 Å². The Balaban J connectivity index is 1.56. The first-order valence-corrected chi connectivity index (χ1v) is 10.7. The lowest BCUT2D eigenvalue weighted by Crippen LogP contribution is -2.60. The molecule has 7 heteroatoms. The molecule has 26 heavy (non-hydrogen) atoms. The van der Waals surface area contributed by atoms with Gasteiger partial charge in [0.1, 0.15) is 0 Å². The molecule has 3 rings (SSSR count). The largest absolute Gasteiger partial charge is 0.379 e. The van der Waals surface area contributed by atoms with Crippen LogP contribution in [0.3, 0.4) is 0 Å². The van der Waals surface area contributed by atoms with E-state index < -0.39 is 0 Å². The Bertz CT molecular complexity index is 580. The van der Waals surface area contributed by atoms with Crippen LogP contribution in [-0.4, -0.2) is 72.8 Å². The normalized spacial score (nSPS) is 20.7. The van der Waals surface area contributed by atoms with Crippen molar-refractivity contribution in [1.82, 2.24) is 20.1 Å². The van der Waals surface area contributed by atoms with Crippen molar-refractivity contribution in [2.75, 3.05) is 46.4 Å². The highest BCUT2D eigenvalue weighted by molar-refractivity contribution is 7.09. The fourth-order valence-electron chi connectivity index (χ4n) is 4.00.